The summed E-state index contributed by atoms with van der Waals surface area (Å²) in [5, 5.41) is 3.56. The van der Waals surface area contributed by atoms with Gasteiger partial charge in [-0.25, -0.2) is 4.39 Å². The van der Waals surface area contributed by atoms with Gasteiger partial charge in [-0.2, -0.15) is 0 Å². The lowest BCUT2D eigenvalue weighted by Crippen LogP contribution is -2.34. The lowest BCUT2D eigenvalue weighted by Gasteiger charge is -2.37. The number of methoxy groups -OCH3 is 1. The average Bonchev–Trinajstić information content (AvgIpc) is 2.43. The second-order valence-corrected chi connectivity index (χ2v) is 5.75. The second-order valence-electron chi connectivity index (χ2n) is 5.75. The van der Waals surface area contributed by atoms with Crippen LogP contribution in [0.2, 0.25) is 0 Å². The fourth-order valence-corrected chi connectivity index (χ4v) is 2.91. The molecule has 1 aliphatic carbocycles. The molecule has 0 heterocycles. The molecule has 0 aliphatic heterocycles. The lowest BCUT2D eigenvalue weighted by molar-refractivity contribution is 0.372. The van der Waals surface area contributed by atoms with E-state index in [1.54, 1.807) is 19.2 Å². The Morgan fingerprint density at radius 2 is 1.95 bits per heavy atom. The van der Waals surface area contributed by atoms with Crippen LogP contribution in [0, 0.1) is 12.7 Å². The third kappa shape index (κ3) is 3.02. The van der Waals surface area contributed by atoms with Gasteiger partial charge in [0.05, 0.1) is 7.11 Å². The van der Waals surface area contributed by atoms with Crippen molar-refractivity contribution in [3.63, 3.8) is 0 Å². The quantitative estimate of drug-likeness (QED) is 0.893. The van der Waals surface area contributed by atoms with Gasteiger partial charge in [0.1, 0.15) is 11.6 Å². The first kappa shape index (κ1) is 13.9. The summed E-state index contributed by atoms with van der Waals surface area (Å²) in [4.78, 5) is 0. The summed E-state index contributed by atoms with van der Waals surface area (Å²) in [5.74, 6) is 1.20. The standard InChI is InChI=1S/C18H20FNO/c1-12-8-17(21-2)6-7-18(12)20-16-10-14(11-16)13-4-3-5-15(19)9-13/h3-9,14,16,20H,10-11H2,1-2H3. The number of ether oxygens (including phenoxy) is 1. The summed E-state index contributed by atoms with van der Waals surface area (Å²) in [7, 11) is 1.68. The van der Waals surface area contributed by atoms with Gasteiger partial charge < -0.3 is 10.1 Å². The Morgan fingerprint density at radius 1 is 1.14 bits per heavy atom. The molecule has 0 aromatic heterocycles. The summed E-state index contributed by atoms with van der Waals surface area (Å²) < 4.78 is 18.4. The molecule has 1 aliphatic rings. The molecule has 0 radical (unpaired) electrons. The number of anilines is 1. The van der Waals surface area contributed by atoms with Crippen molar-refractivity contribution in [2.75, 3.05) is 12.4 Å². The fourth-order valence-electron chi connectivity index (χ4n) is 2.91. The normalized spacial score (nSPS) is 20.7. The summed E-state index contributed by atoms with van der Waals surface area (Å²) in [6, 6.07) is 13.5. The number of halogens is 1. The number of benzene rings is 2. The third-order valence-corrected chi connectivity index (χ3v) is 4.25. The molecule has 0 spiro atoms. The largest absolute Gasteiger partial charge is 0.497 e. The lowest BCUT2D eigenvalue weighted by atomic mass is 9.75. The summed E-state index contributed by atoms with van der Waals surface area (Å²) in [5.41, 5.74) is 3.45. The van der Waals surface area contributed by atoms with Crippen LogP contribution in [0.3, 0.4) is 0 Å². The van der Waals surface area contributed by atoms with Gasteiger partial charge in [0.15, 0.2) is 0 Å². The molecule has 0 unspecified atom stereocenters. The van der Waals surface area contributed by atoms with Crippen molar-refractivity contribution in [1.82, 2.24) is 0 Å². The Labute approximate surface area is 125 Å². The van der Waals surface area contributed by atoms with E-state index in [-0.39, 0.29) is 5.82 Å². The number of hydrogen-bond acceptors (Lipinski definition) is 2. The predicted octanol–water partition coefficient (Wildman–Crippen LogP) is 4.50. The molecule has 2 nitrogen and oxygen atoms in total. The molecule has 1 fully saturated rings. The van der Waals surface area contributed by atoms with E-state index in [4.69, 9.17) is 4.74 Å². The highest BCUT2D eigenvalue weighted by atomic mass is 19.1. The van der Waals surface area contributed by atoms with E-state index < -0.39 is 0 Å². The van der Waals surface area contributed by atoms with Crippen molar-refractivity contribution < 1.29 is 9.13 Å². The minimum atomic E-state index is -0.144. The summed E-state index contributed by atoms with van der Waals surface area (Å²) in [6.45, 7) is 2.08. The Morgan fingerprint density at radius 3 is 2.62 bits per heavy atom. The van der Waals surface area contributed by atoms with E-state index in [1.807, 2.05) is 18.2 Å². The third-order valence-electron chi connectivity index (χ3n) is 4.25. The van der Waals surface area contributed by atoms with E-state index in [9.17, 15) is 4.39 Å². The van der Waals surface area contributed by atoms with Crippen molar-refractivity contribution in [2.45, 2.75) is 31.7 Å². The predicted molar refractivity (Wildman–Crippen MR) is 83.5 cm³/mol. The minimum absolute atomic E-state index is 0.144. The average molecular weight is 285 g/mol. The van der Waals surface area contributed by atoms with Crippen LogP contribution in [0.15, 0.2) is 42.5 Å². The zero-order chi connectivity index (χ0) is 14.8. The molecule has 1 N–H and O–H groups in total. The molecular formula is C18H20FNO. The van der Waals surface area contributed by atoms with E-state index >= 15 is 0 Å². The van der Waals surface area contributed by atoms with E-state index in [1.165, 1.54) is 11.6 Å². The number of nitrogens with one attached hydrogen (secondary N) is 1. The van der Waals surface area contributed by atoms with Crippen molar-refractivity contribution in [2.24, 2.45) is 0 Å². The maximum atomic E-state index is 13.2. The highest BCUT2D eigenvalue weighted by molar-refractivity contribution is 5.54. The minimum Gasteiger partial charge on any atom is -0.497 e. The molecule has 0 bridgehead atoms. The zero-order valence-corrected chi connectivity index (χ0v) is 12.4. The van der Waals surface area contributed by atoms with Gasteiger partial charge in [0, 0.05) is 11.7 Å². The van der Waals surface area contributed by atoms with Gasteiger partial charge in [-0.3, -0.25) is 0 Å². The van der Waals surface area contributed by atoms with Crippen LogP contribution in [0.5, 0.6) is 5.75 Å². The van der Waals surface area contributed by atoms with Crippen LogP contribution in [0.25, 0.3) is 0 Å². The van der Waals surface area contributed by atoms with Crippen LogP contribution in [0.4, 0.5) is 10.1 Å². The first-order valence-electron chi connectivity index (χ1n) is 7.32. The van der Waals surface area contributed by atoms with Gasteiger partial charge in [0.2, 0.25) is 0 Å². The first-order valence-corrected chi connectivity index (χ1v) is 7.32. The number of aryl methyl sites for hydroxylation is 1. The Balaban J connectivity index is 1.60. The highest BCUT2D eigenvalue weighted by Gasteiger charge is 2.30. The van der Waals surface area contributed by atoms with Crippen molar-refractivity contribution in [1.29, 1.82) is 0 Å². The Kier molecular flexibility index (Phi) is 3.82. The maximum Gasteiger partial charge on any atom is 0.123 e. The van der Waals surface area contributed by atoms with Gasteiger partial charge in [-0.15, -0.1) is 0 Å². The molecule has 3 rings (SSSR count). The summed E-state index contributed by atoms with van der Waals surface area (Å²) in [6.07, 6.45) is 2.10. The monoisotopic (exact) mass is 285 g/mol. The van der Waals surface area contributed by atoms with Gasteiger partial charge in [-0.1, -0.05) is 12.1 Å². The van der Waals surface area contributed by atoms with Crippen LogP contribution in [-0.2, 0) is 0 Å². The number of rotatable bonds is 4. The number of hydrogen-bond donors (Lipinski definition) is 1. The molecule has 0 amide bonds. The molecule has 0 saturated heterocycles. The van der Waals surface area contributed by atoms with Crippen LogP contribution < -0.4 is 10.1 Å². The van der Waals surface area contributed by atoms with Gasteiger partial charge in [0.25, 0.3) is 0 Å². The smallest absolute Gasteiger partial charge is 0.123 e. The van der Waals surface area contributed by atoms with E-state index in [0.29, 0.717) is 12.0 Å². The molecule has 2 aromatic carbocycles. The molecule has 1 saturated carbocycles. The maximum absolute atomic E-state index is 13.2. The molecular weight excluding hydrogens is 265 g/mol. The van der Waals surface area contributed by atoms with Crippen molar-refractivity contribution >= 4 is 5.69 Å². The zero-order valence-electron chi connectivity index (χ0n) is 12.4. The van der Waals surface area contributed by atoms with Gasteiger partial charge in [-0.05, 0) is 67.1 Å². The molecule has 0 atom stereocenters. The van der Waals surface area contributed by atoms with Crippen LogP contribution in [-0.4, -0.2) is 13.2 Å². The van der Waals surface area contributed by atoms with Crippen molar-refractivity contribution in [3.8, 4) is 5.75 Å². The van der Waals surface area contributed by atoms with Crippen LogP contribution >= 0.6 is 0 Å². The van der Waals surface area contributed by atoms with Crippen LogP contribution in [0.1, 0.15) is 29.9 Å². The molecule has 21 heavy (non-hydrogen) atoms. The second kappa shape index (κ2) is 5.76. The van der Waals surface area contributed by atoms with Gasteiger partial charge >= 0.3 is 0 Å². The topological polar surface area (TPSA) is 21.3 Å². The van der Waals surface area contributed by atoms with E-state index in [0.717, 1.165) is 29.8 Å². The highest BCUT2D eigenvalue weighted by Crippen LogP contribution is 2.39. The fraction of sp³-hybridized carbons (Fsp3) is 0.333. The molecule has 3 heteroatoms. The molecule has 2 aromatic rings. The van der Waals surface area contributed by atoms with E-state index in [2.05, 4.69) is 18.3 Å². The SMILES string of the molecule is COc1ccc(NC2CC(c3cccc(F)c3)C2)c(C)c1. The summed E-state index contributed by atoms with van der Waals surface area (Å²) >= 11 is 0. The first-order chi connectivity index (χ1) is 10.2. The van der Waals surface area contributed by atoms with Crippen molar-refractivity contribution in [3.05, 3.63) is 59.4 Å². The Hall–Kier alpha value is -2.03. The molecule has 110 valence electrons. The Bertz CT molecular complexity index is 635.